The Kier molecular flexibility index (Phi) is 555. The summed E-state index contributed by atoms with van der Waals surface area (Å²) in [5, 5.41) is 0. The summed E-state index contributed by atoms with van der Waals surface area (Å²) in [5.74, 6) is 0. The van der Waals surface area contributed by atoms with Gasteiger partial charge in [0, 0.05) is 0 Å². The Labute approximate surface area is 208 Å². The second-order valence-corrected chi connectivity index (χ2v) is 0. The van der Waals surface area contributed by atoms with Crippen LogP contribution in [0.3, 0.4) is 0 Å². The van der Waals surface area contributed by atoms with Gasteiger partial charge in [0.05, 0.1) is 0 Å². The van der Waals surface area contributed by atoms with Crippen LogP contribution in [0.2, 0.25) is 0 Å². The number of hydrogen-bond donors (Lipinski definition) is 0. The van der Waals surface area contributed by atoms with Crippen LogP contribution in [0.4, 0.5) is 0 Å². The van der Waals surface area contributed by atoms with Crippen LogP contribution in [0.5, 0.6) is 0 Å². The molecule has 0 aliphatic rings. The van der Waals surface area contributed by atoms with E-state index in [-0.39, 0.29) is 212 Å². The summed E-state index contributed by atoms with van der Waals surface area (Å²) in [5.41, 5.74) is 0. The second kappa shape index (κ2) is 63.6. The molecule has 0 nitrogen and oxygen atoms in total. The van der Waals surface area contributed by atoms with E-state index in [0.717, 1.165) is 0 Å². The Morgan fingerprint density at radius 3 is 0.333 bits per heavy atom. The van der Waals surface area contributed by atoms with E-state index in [1.165, 1.54) is 0 Å². The predicted octanol–water partition coefficient (Wildman–Crippen LogP) is -7.31. The molecule has 0 aromatic rings. The molecule has 40 valence electrons. The van der Waals surface area contributed by atoms with Crippen LogP contribution in [0.25, 0.3) is 0 Å². The van der Waals surface area contributed by atoms with Crippen molar-refractivity contribution < 1.29 is 51.1 Å². The van der Waals surface area contributed by atoms with Gasteiger partial charge in [-0.1, -0.05) is 0 Å². The molecule has 0 bridgehead atoms. The molecule has 0 spiro atoms. The first-order valence-electron chi connectivity index (χ1n) is 0. The number of halogens is 2. The molecule has 0 unspecified atom stereocenters. The van der Waals surface area contributed by atoms with Crippen molar-refractivity contribution >= 4 is 161 Å². The third-order valence-electron chi connectivity index (χ3n) is 0. The molecule has 0 aliphatic carbocycles. The quantitative estimate of drug-likeness (QED) is 0.384. The third-order valence-corrected chi connectivity index (χ3v) is 0. The van der Waals surface area contributed by atoms with Crippen LogP contribution in [-0.4, -0.2) is 161 Å². The average Bonchev–Trinajstić information content (AvgIpc) is 0. The van der Waals surface area contributed by atoms with Gasteiger partial charge in [-0.25, -0.2) is 0 Å². The van der Waals surface area contributed by atoms with Crippen LogP contribution in [-0.2, 0) is 0 Å². The zero-order valence-corrected chi connectivity index (χ0v) is 18.8. The van der Waals surface area contributed by atoms with Crippen LogP contribution >= 0.6 is 0 Å². The van der Waals surface area contributed by atoms with Gasteiger partial charge in [0.15, 0.2) is 0 Å². The molecular weight excluding hydrogens is 330 g/mol. The van der Waals surface area contributed by atoms with E-state index in [0.29, 0.717) is 0 Å². The molecule has 0 fully saturated rings. The fraction of sp³-hybridized carbons (Fsp3) is 0. The van der Waals surface area contributed by atoms with Gasteiger partial charge < -0.3 is 51.1 Å². The third kappa shape index (κ3) is 54.4. The van der Waals surface area contributed by atoms with Crippen LogP contribution < -0.4 is 34.0 Å². The van der Waals surface area contributed by atoms with Gasteiger partial charge in [-0.2, -0.15) is 0 Å². The van der Waals surface area contributed by atoms with Gasteiger partial charge in [0.1, 0.15) is 0 Å². The Hall–Kier alpha value is 6.32. The minimum atomic E-state index is 0. The van der Waals surface area contributed by atoms with Crippen molar-refractivity contribution in [3.8, 4) is 0 Å². The summed E-state index contributed by atoms with van der Waals surface area (Å²) in [6.45, 7) is 0. The van der Waals surface area contributed by atoms with Gasteiger partial charge >= 0.3 is 161 Å². The van der Waals surface area contributed by atoms with Gasteiger partial charge in [-0.3, -0.25) is 0 Å². The zero-order valence-electron chi connectivity index (χ0n) is 17.7. The van der Waals surface area contributed by atoms with E-state index >= 15 is 0 Å². The first-order chi connectivity index (χ1) is 0. The molecule has 0 saturated heterocycles. The van der Waals surface area contributed by atoms with Crippen molar-refractivity contribution in [2.75, 3.05) is 0 Å². The zero-order chi connectivity index (χ0) is 0. The van der Waals surface area contributed by atoms with E-state index < -0.39 is 0 Å². The molecule has 0 aromatic carbocycles. The SMILES string of the molecule is [Br-].[Br-].[H-].[H-].[H-].[H-].[H-].[H-].[H-].[H-].[H-].[H-].[H-].[H-].[Mg+2].[Mg+2].[Mg+2].[Mg+2].[Mg+2].[Mg+2].[Mg+2]. The van der Waals surface area contributed by atoms with Gasteiger partial charge in [0.25, 0.3) is 0 Å². The first kappa shape index (κ1) is 78.6. The Morgan fingerprint density at radius 1 is 0.333 bits per heavy atom. The Balaban J connectivity index is 0. The van der Waals surface area contributed by atoms with Gasteiger partial charge in [-0.15, -0.1) is 0 Å². The maximum absolute atomic E-state index is 0. The fourth-order valence-corrected chi connectivity index (χ4v) is 0. The molecule has 0 atom stereocenters. The van der Waals surface area contributed by atoms with Gasteiger partial charge in [0.2, 0.25) is 0 Å². The predicted molar refractivity (Wildman–Crippen MR) is 53.6 cm³/mol. The largest absolute Gasteiger partial charge is 2.00 e. The molecule has 0 rings (SSSR count). The average molecular weight is 342 g/mol. The molecule has 9 heteroatoms. The number of hydrogen-bond acceptors (Lipinski definition) is 0. The summed E-state index contributed by atoms with van der Waals surface area (Å²) < 4.78 is 0. The summed E-state index contributed by atoms with van der Waals surface area (Å²) in [6, 6.07) is 0. The fourth-order valence-electron chi connectivity index (χ4n) is 0. The van der Waals surface area contributed by atoms with Crippen LogP contribution in [0.1, 0.15) is 17.1 Å². The first-order valence-corrected chi connectivity index (χ1v) is 0. The van der Waals surface area contributed by atoms with E-state index in [1.807, 2.05) is 0 Å². The maximum Gasteiger partial charge on any atom is 2.00 e. The van der Waals surface area contributed by atoms with Crippen molar-refractivity contribution in [1.29, 1.82) is 0 Å². The minimum absolute atomic E-state index is 0. The number of rotatable bonds is 0. The van der Waals surface area contributed by atoms with E-state index in [9.17, 15) is 0 Å². The Morgan fingerprint density at radius 2 is 0.333 bits per heavy atom. The minimum Gasteiger partial charge on any atom is -1.00 e. The molecule has 0 heterocycles. The van der Waals surface area contributed by atoms with E-state index in [1.54, 1.807) is 0 Å². The molecule has 0 N–H and O–H groups in total. The van der Waals surface area contributed by atoms with Crippen LogP contribution in [0.15, 0.2) is 0 Å². The van der Waals surface area contributed by atoms with Crippen molar-refractivity contribution in [2.24, 2.45) is 0 Å². The van der Waals surface area contributed by atoms with Crippen molar-refractivity contribution in [2.45, 2.75) is 0 Å². The van der Waals surface area contributed by atoms with Crippen LogP contribution in [0, 0.1) is 0 Å². The molecule has 0 aliphatic heterocycles. The smallest absolute Gasteiger partial charge is 1.00 e. The molecule has 0 aromatic heterocycles. The molecule has 9 heavy (non-hydrogen) atoms. The van der Waals surface area contributed by atoms with Crippen molar-refractivity contribution in [3.05, 3.63) is 0 Å². The second-order valence-electron chi connectivity index (χ2n) is 0. The van der Waals surface area contributed by atoms with E-state index in [4.69, 9.17) is 0 Å². The summed E-state index contributed by atoms with van der Waals surface area (Å²) >= 11 is 0. The van der Waals surface area contributed by atoms with Crippen molar-refractivity contribution in [3.63, 3.8) is 0 Å². The molecule has 0 saturated carbocycles. The van der Waals surface area contributed by atoms with E-state index in [2.05, 4.69) is 0 Å². The summed E-state index contributed by atoms with van der Waals surface area (Å²) in [4.78, 5) is 0. The monoisotopic (exact) mass is 338 g/mol. The van der Waals surface area contributed by atoms with Gasteiger partial charge in [-0.05, 0) is 0 Å². The Bertz CT molecular complexity index is 27.6. The maximum atomic E-state index is 0. The molecule has 0 radical (unpaired) electrons. The van der Waals surface area contributed by atoms with Crippen molar-refractivity contribution in [1.82, 2.24) is 0 Å². The summed E-state index contributed by atoms with van der Waals surface area (Å²) in [7, 11) is 0. The summed E-state index contributed by atoms with van der Waals surface area (Å²) in [6.07, 6.45) is 0. The normalized spacial score (nSPS) is 0. The standard InChI is InChI=1S/2BrH.7Mg.12H/h2*1H;;;;;;;;;;;;;;;;;;;/q;;7*+2;12*-1/p-2. The molecule has 0 amide bonds. The topological polar surface area (TPSA) is 0 Å². The molecular formula is H12Br2Mg7.